The third-order valence-electron chi connectivity index (χ3n) is 2.54. The van der Waals surface area contributed by atoms with Gasteiger partial charge in [0, 0.05) is 25.0 Å². The summed E-state index contributed by atoms with van der Waals surface area (Å²) in [6.45, 7) is 9.33. The Morgan fingerprint density at radius 3 is 2.54 bits per heavy atom. The van der Waals surface area contributed by atoms with Gasteiger partial charge < -0.3 is 5.11 Å². The van der Waals surface area contributed by atoms with E-state index in [0.717, 1.165) is 31.4 Å². The lowest BCUT2D eigenvalue weighted by Gasteiger charge is -2.28. The van der Waals surface area contributed by atoms with Crippen LogP contribution in [-0.4, -0.2) is 40.6 Å². The Morgan fingerprint density at radius 1 is 1.54 bits per heavy atom. The second kappa shape index (κ2) is 3.87. The molecule has 1 rings (SSSR count). The Balaban J connectivity index is 2.40. The maximum atomic E-state index is 9.78. The van der Waals surface area contributed by atoms with E-state index in [-0.39, 0.29) is 0 Å². The summed E-state index contributed by atoms with van der Waals surface area (Å²) < 4.78 is 0. The molecule has 0 aromatic heterocycles. The molecule has 1 aliphatic rings. The molecule has 1 N–H and O–H groups in total. The van der Waals surface area contributed by atoms with Gasteiger partial charge in [0.1, 0.15) is 0 Å². The fourth-order valence-electron chi connectivity index (χ4n) is 1.82. The third-order valence-corrected chi connectivity index (χ3v) is 4.06. The summed E-state index contributed by atoms with van der Waals surface area (Å²) in [4.78, 5) is 2.35. The summed E-state index contributed by atoms with van der Waals surface area (Å²) >= 11 is 3.52. The summed E-state index contributed by atoms with van der Waals surface area (Å²) in [5, 5.41) is 10.8. The Bertz CT molecular complexity index is 180. The van der Waals surface area contributed by atoms with Crippen molar-refractivity contribution in [3.05, 3.63) is 0 Å². The van der Waals surface area contributed by atoms with Gasteiger partial charge in [0.2, 0.25) is 0 Å². The summed E-state index contributed by atoms with van der Waals surface area (Å²) in [6, 6.07) is 0. The molecular formula is C10H20BrNO. The Hall–Kier alpha value is 0.400. The minimum atomic E-state index is -0.456. The van der Waals surface area contributed by atoms with E-state index in [1.807, 2.05) is 6.92 Å². The quantitative estimate of drug-likeness (QED) is 0.773. The highest BCUT2D eigenvalue weighted by Crippen LogP contribution is 2.26. The minimum Gasteiger partial charge on any atom is -0.389 e. The van der Waals surface area contributed by atoms with E-state index >= 15 is 0 Å². The highest BCUT2D eigenvalue weighted by Gasteiger charge is 2.33. The zero-order valence-electron chi connectivity index (χ0n) is 8.81. The number of alkyl halides is 1. The van der Waals surface area contributed by atoms with Crippen LogP contribution in [0, 0.1) is 5.41 Å². The van der Waals surface area contributed by atoms with Gasteiger partial charge in [0.25, 0.3) is 0 Å². The Morgan fingerprint density at radius 2 is 2.15 bits per heavy atom. The number of likely N-dealkylation sites (tertiary alicyclic amines) is 1. The molecule has 13 heavy (non-hydrogen) atoms. The molecule has 1 fully saturated rings. The maximum absolute atomic E-state index is 9.78. The van der Waals surface area contributed by atoms with Crippen LogP contribution in [0.15, 0.2) is 0 Å². The van der Waals surface area contributed by atoms with E-state index < -0.39 is 5.60 Å². The van der Waals surface area contributed by atoms with Gasteiger partial charge in [-0.15, -0.1) is 0 Å². The third kappa shape index (κ3) is 3.56. The van der Waals surface area contributed by atoms with E-state index in [2.05, 4.69) is 34.7 Å². The molecule has 1 aliphatic heterocycles. The molecule has 1 saturated heterocycles. The van der Waals surface area contributed by atoms with Crippen molar-refractivity contribution in [1.82, 2.24) is 4.90 Å². The van der Waals surface area contributed by atoms with Crippen molar-refractivity contribution in [1.29, 1.82) is 0 Å². The molecule has 1 unspecified atom stereocenters. The molecule has 0 bridgehead atoms. The van der Waals surface area contributed by atoms with E-state index in [1.54, 1.807) is 0 Å². The SMILES string of the molecule is CC(C)(CBr)CN1CCC(C)(O)C1. The van der Waals surface area contributed by atoms with Crippen molar-refractivity contribution in [2.45, 2.75) is 32.8 Å². The first-order chi connectivity index (χ1) is 5.85. The van der Waals surface area contributed by atoms with Crippen LogP contribution >= 0.6 is 15.9 Å². The van der Waals surface area contributed by atoms with Crippen LogP contribution in [0.1, 0.15) is 27.2 Å². The molecule has 78 valence electrons. The fraction of sp³-hybridized carbons (Fsp3) is 1.00. The number of hydrogen-bond acceptors (Lipinski definition) is 2. The van der Waals surface area contributed by atoms with Gasteiger partial charge in [-0.05, 0) is 18.8 Å². The molecule has 0 aromatic rings. The van der Waals surface area contributed by atoms with E-state index in [1.165, 1.54) is 0 Å². The van der Waals surface area contributed by atoms with E-state index in [4.69, 9.17) is 0 Å². The lowest BCUT2D eigenvalue weighted by molar-refractivity contribution is 0.0645. The molecule has 0 amide bonds. The zero-order chi connectivity index (χ0) is 10.1. The number of β-amino-alcohol motifs (C(OH)–C–C–N with tert-alkyl or cyclic N) is 1. The fourth-order valence-corrected chi connectivity index (χ4v) is 2.00. The first-order valence-corrected chi connectivity index (χ1v) is 5.98. The topological polar surface area (TPSA) is 23.5 Å². The van der Waals surface area contributed by atoms with Crippen molar-refractivity contribution in [2.24, 2.45) is 5.41 Å². The lowest BCUT2D eigenvalue weighted by atomic mass is 9.96. The smallest absolute Gasteiger partial charge is 0.0758 e. The number of nitrogens with zero attached hydrogens (tertiary/aromatic N) is 1. The Labute approximate surface area is 89.4 Å². The van der Waals surface area contributed by atoms with Crippen molar-refractivity contribution in [2.75, 3.05) is 25.0 Å². The van der Waals surface area contributed by atoms with Crippen LogP contribution in [-0.2, 0) is 0 Å². The largest absolute Gasteiger partial charge is 0.389 e. The normalized spacial score (nSPS) is 31.2. The van der Waals surface area contributed by atoms with Crippen LogP contribution in [0.5, 0.6) is 0 Å². The average Bonchev–Trinajstić information content (AvgIpc) is 2.29. The summed E-state index contributed by atoms with van der Waals surface area (Å²) in [7, 11) is 0. The molecule has 0 aliphatic carbocycles. The van der Waals surface area contributed by atoms with Crippen molar-refractivity contribution in [3.63, 3.8) is 0 Å². The summed E-state index contributed by atoms with van der Waals surface area (Å²) in [5.74, 6) is 0. The molecule has 0 saturated carbocycles. The Kier molecular flexibility index (Phi) is 3.42. The first kappa shape index (κ1) is 11.5. The number of rotatable bonds is 3. The van der Waals surface area contributed by atoms with Gasteiger partial charge in [0.15, 0.2) is 0 Å². The highest BCUT2D eigenvalue weighted by molar-refractivity contribution is 9.09. The van der Waals surface area contributed by atoms with Crippen molar-refractivity contribution >= 4 is 15.9 Å². The average molecular weight is 250 g/mol. The van der Waals surface area contributed by atoms with Crippen LogP contribution in [0.2, 0.25) is 0 Å². The van der Waals surface area contributed by atoms with Crippen LogP contribution in [0.4, 0.5) is 0 Å². The molecule has 1 heterocycles. The molecule has 3 heteroatoms. The molecule has 1 atom stereocenters. The van der Waals surface area contributed by atoms with Gasteiger partial charge in [0.05, 0.1) is 5.60 Å². The first-order valence-electron chi connectivity index (χ1n) is 4.85. The second-order valence-electron chi connectivity index (χ2n) is 5.26. The predicted octanol–water partition coefficient (Wildman–Crippen LogP) is 1.86. The van der Waals surface area contributed by atoms with Crippen molar-refractivity contribution < 1.29 is 5.11 Å². The standard InChI is InChI=1S/C10H20BrNO/c1-9(2,6-11)7-12-5-4-10(3,13)8-12/h13H,4-8H2,1-3H3. The second-order valence-corrected chi connectivity index (χ2v) is 5.82. The van der Waals surface area contributed by atoms with Gasteiger partial charge in [-0.3, -0.25) is 4.90 Å². The monoisotopic (exact) mass is 249 g/mol. The van der Waals surface area contributed by atoms with Gasteiger partial charge >= 0.3 is 0 Å². The van der Waals surface area contributed by atoms with E-state index in [9.17, 15) is 5.11 Å². The maximum Gasteiger partial charge on any atom is 0.0758 e. The molecular weight excluding hydrogens is 230 g/mol. The van der Waals surface area contributed by atoms with Gasteiger partial charge in [-0.25, -0.2) is 0 Å². The predicted molar refractivity (Wildman–Crippen MR) is 59.3 cm³/mol. The van der Waals surface area contributed by atoms with Crippen molar-refractivity contribution in [3.8, 4) is 0 Å². The summed E-state index contributed by atoms with van der Waals surface area (Å²) in [5.41, 5.74) is -0.150. The lowest BCUT2D eigenvalue weighted by Crippen LogP contribution is -2.36. The number of hydrogen-bond donors (Lipinski definition) is 1. The van der Waals surface area contributed by atoms with E-state index in [0.29, 0.717) is 5.41 Å². The number of halogens is 1. The summed E-state index contributed by atoms with van der Waals surface area (Å²) in [6.07, 6.45) is 0.908. The highest BCUT2D eigenvalue weighted by atomic mass is 79.9. The molecule has 0 spiro atoms. The molecule has 2 nitrogen and oxygen atoms in total. The van der Waals surface area contributed by atoms with Gasteiger partial charge in [-0.2, -0.15) is 0 Å². The van der Waals surface area contributed by atoms with Crippen LogP contribution < -0.4 is 0 Å². The number of aliphatic hydroxyl groups is 1. The van der Waals surface area contributed by atoms with Crippen LogP contribution in [0.3, 0.4) is 0 Å². The minimum absolute atomic E-state index is 0.306. The van der Waals surface area contributed by atoms with Gasteiger partial charge in [-0.1, -0.05) is 29.8 Å². The zero-order valence-corrected chi connectivity index (χ0v) is 10.4. The molecule has 0 radical (unpaired) electrons. The molecule has 0 aromatic carbocycles. The van der Waals surface area contributed by atoms with Crippen LogP contribution in [0.25, 0.3) is 0 Å².